The molecule has 0 heterocycles. The highest BCUT2D eigenvalue weighted by molar-refractivity contribution is 7.89. The fraction of sp³-hybridized carbons (Fsp3) is 0.111. The first-order valence-electron chi connectivity index (χ1n) is 10.6. The van der Waals surface area contributed by atoms with E-state index in [1.54, 1.807) is 30.3 Å². The molecule has 0 amide bonds. The van der Waals surface area contributed by atoms with Crippen LogP contribution in [0.1, 0.15) is 28.8 Å². The molecule has 2 N–H and O–H groups in total. The molecule has 162 valence electrons. The summed E-state index contributed by atoms with van der Waals surface area (Å²) in [6, 6.07) is 38.0. The summed E-state index contributed by atoms with van der Waals surface area (Å²) in [5.74, 6) is 0. The summed E-state index contributed by atoms with van der Waals surface area (Å²) in [6.45, 7) is 0.421. The molecule has 0 saturated heterocycles. The van der Waals surface area contributed by atoms with Gasteiger partial charge in [0.05, 0.1) is 17.0 Å². The molecule has 4 aromatic rings. The van der Waals surface area contributed by atoms with Crippen molar-refractivity contribution in [3.05, 3.63) is 138 Å². The maximum atomic E-state index is 13.1. The van der Waals surface area contributed by atoms with Crippen LogP contribution in [-0.2, 0) is 10.0 Å². The van der Waals surface area contributed by atoms with E-state index in [2.05, 4.69) is 34.3 Å². The van der Waals surface area contributed by atoms with E-state index in [0.29, 0.717) is 6.54 Å². The summed E-state index contributed by atoms with van der Waals surface area (Å²) in [4.78, 5) is 0.253. The first-order valence-corrected chi connectivity index (χ1v) is 12.1. The van der Waals surface area contributed by atoms with Gasteiger partial charge in [-0.2, -0.15) is 0 Å². The topological polar surface area (TPSA) is 58.2 Å². The summed E-state index contributed by atoms with van der Waals surface area (Å²) in [7, 11) is -3.67. The third-order valence-corrected chi connectivity index (χ3v) is 6.83. The summed E-state index contributed by atoms with van der Waals surface area (Å²) >= 11 is 0. The molecular formula is C27H26N2O2S. The molecule has 0 unspecified atom stereocenters. The van der Waals surface area contributed by atoms with Crippen molar-refractivity contribution in [2.75, 3.05) is 6.54 Å². The van der Waals surface area contributed by atoms with Gasteiger partial charge < -0.3 is 5.32 Å². The van der Waals surface area contributed by atoms with Gasteiger partial charge >= 0.3 is 0 Å². The second-order valence-electron chi connectivity index (χ2n) is 7.56. The van der Waals surface area contributed by atoms with Crippen LogP contribution in [0.25, 0.3) is 0 Å². The van der Waals surface area contributed by atoms with Crippen molar-refractivity contribution >= 4 is 10.0 Å². The van der Waals surface area contributed by atoms with Crippen LogP contribution in [0.15, 0.2) is 126 Å². The highest BCUT2D eigenvalue weighted by Gasteiger charge is 2.23. The molecule has 1 atom stereocenters. The van der Waals surface area contributed by atoms with Crippen molar-refractivity contribution in [1.29, 1.82) is 0 Å². The normalized spacial score (nSPS) is 12.5. The Morgan fingerprint density at radius 2 is 0.969 bits per heavy atom. The molecule has 0 bridgehead atoms. The molecule has 0 aliphatic carbocycles. The Kier molecular flexibility index (Phi) is 7.12. The van der Waals surface area contributed by atoms with Gasteiger partial charge in [-0.05, 0) is 28.8 Å². The smallest absolute Gasteiger partial charge is 0.241 e. The van der Waals surface area contributed by atoms with E-state index in [4.69, 9.17) is 0 Å². The van der Waals surface area contributed by atoms with Crippen LogP contribution in [0.5, 0.6) is 0 Å². The Labute approximate surface area is 190 Å². The number of rotatable bonds is 9. The van der Waals surface area contributed by atoms with Gasteiger partial charge in [-0.1, -0.05) is 109 Å². The molecule has 0 spiro atoms. The average molecular weight is 443 g/mol. The largest absolute Gasteiger partial charge is 0.304 e. The predicted octanol–water partition coefficient (Wildman–Crippen LogP) is 5.09. The maximum absolute atomic E-state index is 13.1. The van der Waals surface area contributed by atoms with E-state index in [0.717, 1.165) is 16.7 Å². The van der Waals surface area contributed by atoms with Gasteiger partial charge in [0.1, 0.15) is 0 Å². The van der Waals surface area contributed by atoms with Crippen molar-refractivity contribution in [2.45, 2.75) is 17.0 Å². The van der Waals surface area contributed by atoms with Gasteiger partial charge in [0.15, 0.2) is 0 Å². The number of nitrogens with one attached hydrogen (secondary N) is 2. The minimum absolute atomic E-state index is 0.0650. The lowest BCUT2D eigenvalue weighted by atomic mass is 9.98. The van der Waals surface area contributed by atoms with Gasteiger partial charge in [0.2, 0.25) is 10.0 Å². The van der Waals surface area contributed by atoms with Gasteiger partial charge in [-0.15, -0.1) is 0 Å². The van der Waals surface area contributed by atoms with E-state index in [1.165, 1.54) is 0 Å². The van der Waals surface area contributed by atoms with E-state index in [9.17, 15) is 8.42 Å². The Bertz CT molecular complexity index is 1160. The van der Waals surface area contributed by atoms with E-state index >= 15 is 0 Å². The van der Waals surface area contributed by atoms with Crippen molar-refractivity contribution in [3.8, 4) is 0 Å². The molecule has 4 rings (SSSR count). The lowest BCUT2D eigenvalue weighted by Crippen LogP contribution is -2.37. The molecule has 0 fully saturated rings. The fourth-order valence-corrected chi connectivity index (χ4v) is 4.97. The van der Waals surface area contributed by atoms with Crippen molar-refractivity contribution < 1.29 is 8.42 Å². The second-order valence-corrected chi connectivity index (χ2v) is 9.27. The number of benzene rings is 4. The molecule has 0 radical (unpaired) electrons. The molecule has 0 saturated carbocycles. The third-order valence-electron chi connectivity index (χ3n) is 5.34. The van der Waals surface area contributed by atoms with E-state index in [-0.39, 0.29) is 10.9 Å². The van der Waals surface area contributed by atoms with E-state index < -0.39 is 16.1 Å². The van der Waals surface area contributed by atoms with Gasteiger partial charge in [0.25, 0.3) is 0 Å². The first kappa shape index (κ1) is 22.0. The summed E-state index contributed by atoms with van der Waals surface area (Å²) in [5.41, 5.74) is 3.15. The SMILES string of the molecule is O=S(=O)(N[C@H](CNC(c1ccccc1)c1ccccc1)c1ccccc1)c1ccccc1. The van der Waals surface area contributed by atoms with Gasteiger partial charge in [-0.25, -0.2) is 13.1 Å². The van der Waals surface area contributed by atoms with Crippen LogP contribution >= 0.6 is 0 Å². The first-order chi connectivity index (χ1) is 15.6. The van der Waals surface area contributed by atoms with Crippen LogP contribution in [0.3, 0.4) is 0 Å². The van der Waals surface area contributed by atoms with Gasteiger partial charge in [0, 0.05) is 6.54 Å². The number of sulfonamides is 1. The second kappa shape index (κ2) is 10.4. The standard InChI is InChI=1S/C27H26N2O2S/c30-32(31,25-19-11-4-12-20-25)29-26(22-13-5-1-6-14-22)21-28-27(23-15-7-2-8-16-23)24-17-9-3-10-18-24/h1-20,26-29H,21H2/t26-/m1/s1. The predicted molar refractivity (Wildman–Crippen MR) is 129 cm³/mol. The number of hydrogen-bond donors (Lipinski definition) is 2. The van der Waals surface area contributed by atoms with Crippen LogP contribution < -0.4 is 10.0 Å². The van der Waals surface area contributed by atoms with Crippen molar-refractivity contribution in [2.24, 2.45) is 0 Å². The van der Waals surface area contributed by atoms with Crippen LogP contribution in [-0.4, -0.2) is 15.0 Å². The Morgan fingerprint density at radius 3 is 1.44 bits per heavy atom. The zero-order chi connectivity index (χ0) is 22.2. The summed E-state index contributed by atoms with van der Waals surface area (Å²) in [6.07, 6.45) is 0. The highest BCUT2D eigenvalue weighted by atomic mass is 32.2. The number of hydrogen-bond acceptors (Lipinski definition) is 3. The lowest BCUT2D eigenvalue weighted by Gasteiger charge is -2.25. The fourth-order valence-electron chi connectivity index (χ4n) is 3.72. The molecule has 32 heavy (non-hydrogen) atoms. The third kappa shape index (κ3) is 5.51. The van der Waals surface area contributed by atoms with Crippen LogP contribution in [0, 0.1) is 0 Å². The molecule has 5 heteroatoms. The zero-order valence-electron chi connectivity index (χ0n) is 17.6. The van der Waals surface area contributed by atoms with Crippen LogP contribution in [0.2, 0.25) is 0 Å². The van der Waals surface area contributed by atoms with Crippen molar-refractivity contribution in [1.82, 2.24) is 10.0 Å². The Morgan fingerprint density at radius 1 is 0.562 bits per heavy atom. The summed E-state index contributed by atoms with van der Waals surface area (Å²) < 4.78 is 29.0. The van der Waals surface area contributed by atoms with E-state index in [1.807, 2.05) is 66.7 Å². The minimum Gasteiger partial charge on any atom is -0.304 e. The summed E-state index contributed by atoms with van der Waals surface area (Å²) in [5, 5.41) is 3.60. The van der Waals surface area contributed by atoms with Gasteiger partial charge in [-0.3, -0.25) is 0 Å². The molecule has 4 aromatic carbocycles. The minimum atomic E-state index is -3.67. The molecule has 4 nitrogen and oxygen atoms in total. The molecule has 0 aromatic heterocycles. The Balaban J connectivity index is 1.62. The maximum Gasteiger partial charge on any atom is 0.241 e. The van der Waals surface area contributed by atoms with Crippen LogP contribution in [0.4, 0.5) is 0 Å². The van der Waals surface area contributed by atoms with Crippen molar-refractivity contribution in [3.63, 3.8) is 0 Å². The Hall–Kier alpha value is -3.25. The lowest BCUT2D eigenvalue weighted by molar-refractivity contribution is 0.506. The molecule has 0 aliphatic rings. The molecular weight excluding hydrogens is 416 g/mol. The monoisotopic (exact) mass is 442 g/mol. The quantitative estimate of drug-likeness (QED) is 0.380. The average Bonchev–Trinajstić information content (AvgIpc) is 2.86. The highest BCUT2D eigenvalue weighted by Crippen LogP contribution is 2.24. The zero-order valence-corrected chi connectivity index (χ0v) is 18.5. The molecule has 0 aliphatic heterocycles.